The maximum Gasteiger partial charge on any atom is 0.153 e. The zero-order chi connectivity index (χ0) is 14.9. The largest absolute Gasteiger partial charge is 0.369 e. The van der Waals surface area contributed by atoms with Gasteiger partial charge in [-0.15, -0.1) is 0 Å². The Hall–Kier alpha value is -2.89. The van der Waals surface area contributed by atoms with Gasteiger partial charge in [-0.1, -0.05) is 12.1 Å². The van der Waals surface area contributed by atoms with Crippen molar-refractivity contribution in [1.82, 2.24) is 19.5 Å². The van der Waals surface area contributed by atoms with Crippen LogP contribution in [0.2, 0.25) is 0 Å². The summed E-state index contributed by atoms with van der Waals surface area (Å²) in [7, 11) is 2.11. The summed E-state index contributed by atoms with van der Waals surface area (Å²) in [5.41, 5.74) is 2.31. The molecule has 1 atom stereocenters. The van der Waals surface area contributed by atoms with Crippen molar-refractivity contribution < 1.29 is 0 Å². The fourth-order valence-electron chi connectivity index (χ4n) is 2.94. The first kappa shape index (κ1) is 12.8. The summed E-state index contributed by atoms with van der Waals surface area (Å²) in [5, 5.41) is 0. The minimum absolute atomic E-state index is 0.0825. The van der Waals surface area contributed by atoms with Gasteiger partial charge in [-0.05, 0) is 12.1 Å². The summed E-state index contributed by atoms with van der Waals surface area (Å²) in [6.45, 7) is 0.837. The lowest BCUT2D eigenvalue weighted by Gasteiger charge is -2.42. The van der Waals surface area contributed by atoms with Gasteiger partial charge in [-0.2, -0.15) is 0 Å². The molecule has 110 valence electrons. The Morgan fingerprint density at radius 2 is 1.91 bits per heavy atom. The molecule has 0 bridgehead atoms. The summed E-state index contributed by atoms with van der Waals surface area (Å²) >= 11 is 0. The number of benzene rings is 1. The third-order valence-corrected chi connectivity index (χ3v) is 3.95. The van der Waals surface area contributed by atoms with Gasteiger partial charge in [0.1, 0.15) is 6.17 Å². The van der Waals surface area contributed by atoms with Gasteiger partial charge in [-0.25, -0.2) is 9.97 Å². The van der Waals surface area contributed by atoms with Crippen molar-refractivity contribution in [3.8, 4) is 0 Å². The van der Waals surface area contributed by atoms with Gasteiger partial charge in [0, 0.05) is 31.8 Å². The van der Waals surface area contributed by atoms with Gasteiger partial charge in [-0.3, -0.25) is 9.88 Å². The predicted octanol–water partition coefficient (Wildman–Crippen LogP) is 2.46. The van der Waals surface area contributed by atoms with E-state index in [4.69, 9.17) is 0 Å². The summed E-state index contributed by atoms with van der Waals surface area (Å²) < 4.78 is 2.10. The van der Waals surface area contributed by atoms with Crippen LogP contribution in [0.3, 0.4) is 0 Å². The van der Waals surface area contributed by atoms with E-state index in [2.05, 4.69) is 54.6 Å². The molecule has 1 aliphatic rings. The fourth-order valence-corrected chi connectivity index (χ4v) is 2.94. The van der Waals surface area contributed by atoms with Gasteiger partial charge >= 0.3 is 0 Å². The highest BCUT2D eigenvalue weighted by Gasteiger charge is 2.31. The number of hydrogen-bond acceptors (Lipinski definition) is 5. The minimum atomic E-state index is 0.0825. The second-order valence-electron chi connectivity index (χ2n) is 5.29. The van der Waals surface area contributed by atoms with Crippen molar-refractivity contribution in [3.05, 3.63) is 61.6 Å². The molecule has 0 saturated heterocycles. The Balaban J connectivity index is 1.89. The quantitative estimate of drug-likeness (QED) is 0.726. The van der Waals surface area contributed by atoms with Crippen LogP contribution in [0.15, 0.2) is 61.6 Å². The lowest BCUT2D eigenvalue weighted by molar-refractivity contribution is 0.492. The van der Waals surface area contributed by atoms with Gasteiger partial charge in [0.2, 0.25) is 0 Å². The summed E-state index contributed by atoms with van der Waals surface area (Å²) in [6.07, 6.45) is 10.9. The maximum absolute atomic E-state index is 4.50. The molecule has 1 aromatic carbocycles. The molecule has 3 aromatic rings. The summed E-state index contributed by atoms with van der Waals surface area (Å²) in [4.78, 5) is 17.4. The van der Waals surface area contributed by atoms with E-state index in [0.29, 0.717) is 0 Å². The van der Waals surface area contributed by atoms with Crippen LogP contribution in [0.4, 0.5) is 17.2 Å². The average molecular weight is 292 g/mol. The summed E-state index contributed by atoms with van der Waals surface area (Å²) in [6, 6.07) is 8.35. The number of imidazole rings is 1. The number of nitrogens with zero attached hydrogens (tertiary/aromatic N) is 6. The van der Waals surface area contributed by atoms with Gasteiger partial charge < -0.3 is 9.47 Å². The van der Waals surface area contributed by atoms with E-state index in [0.717, 1.165) is 18.1 Å². The first-order valence-corrected chi connectivity index (χ1v) is 7.17. The third kappa shape index (κ3) is 2.00. The molecule has 2 aromatic heterocycles. The molecular formula is C16H16N6. The van der Waals surface area contributed by atoms with E-state index in [1.807, 2.05) is 18.6 Å². The second-order valence-corrected chi connectivity index (χ2v) is 5.29. The minimum Gasteiger partial charge on any atom is -0.369 e. The highest BCUT2D eigenvalue weighted by molar-refractivity contribution is 5.78. The number of aromatic nitrogens is 4. The molecule has 6 heteroatoms. The molecule has 1 unspecified atom stereocenters. The Bertz CT molecular complexity index is 755. The number of para-hydroxylation sites is 2. The molecule has 0 amide bonds. The second kappa shape index (κ2) is 5.14. The Morgan fingerprint density at radius 1 is 1.05 bits per heavy atom. The monoisotopic (exact) mass is 292 g/mol. The lowest BCUT2D eigenvalue weighted by Crippen LogP contribution is -2.42. The van der Waals surface area contributed by atoms with Crippen molar-refractivity contribution in [2.75, 3.05) is 23.4 Å². The zero-order valence-corrected chi connectivity index (χ0v) is 12.2. The first-order chi connectivity index (χ1) is 10.8. The van der Waals surface area contributed by atoms with E-state index < -0.39 is 0 Å². The summed E-state index contributed by atoms with van der Waals surface area (Å²) in [5.74, 6) is 0.835. The van der Waals surface area contributed by atoms with Crippen molar-refractivity contribution in [3.63, 3.8) is 0 Å². The van der Waals surface area contributed by atoms with Crippen molar-refractivity contribution in [1.29, 1.82) is 0 Å². The van der Waals surface area contributed by atoms with Crippen LogP contribution in [0.1, 0.15) is 6.17 Å². The molecule has 6 nitrogen and oxygen atoms in total. The number of anilines is 3. The maximum atomic E-state index is 4.50. The Morgan fingerprint density at radius 3 is 2.64 bits per heavy atom. The predicted molar refractivity (Wildman–Crippen MR) is 85.1 cm³/mol. The number of hydrogen-bond donors (Lipinski definition) is 0. The van der Waals surface area contributed by atoms with Gasteiger partial charge in [0.05, 0.1) is 30.4 Å². The fraction of sp³-hybridized carbons (Fsp3) is 0.188. The van der Waals surface area contributed by atoms with Crippen LogP contribution >= 0.6 is 0 Å². The van der Waals surface area contributed by atoms with Gasteiger partial charge in [0.25, 0.3) is 0 Å². The normalized spacial score (nSPS) is 17.4. The third-order valence-electron chi connectivity index (χ3n) is 3.95. The molecular weight excluding hydrogens is 276 g/mol. The van der Waals surface area contributed by atoms with Crippen LogP contribution in [0, 0.1) is 0 Å². The molecule has 0 N–H and O–H groups in total. The van der Waals surface area contributed by atoms with Crippen molar-refractivity contribution in [2.45, 2.75) is 6.17 Å². The number of rotatable bonds is 2. The van der Waals surface area contributed by atoms with E-state index >= 15 is 0 Å². The number of likely N-dealkylation sites (N-methyl/N-ethyl adjacent to an activating group) is 1. The van der Waals surface area contributed by atoms with Gasteiger partial charge in [0.15, 0.2) is 5.82 Å². The zero-order valence-electron chi connectivity index (χ0n) is 12.2. The SMILES string of the molecule is CN1CC(n2ccnc2)N(c2cnccn2)c2ccccc21. The highest BCUT2D eigenvalue weighted by Crippen LogP contribution is 2.41. The Labute approximate surface area is 128 Å². The van der Waals surface area contributed by atoms with Crippen LogP contribution < -0.4 is 9.80 Å². The van der Waals surface area contributed by atoms with Crippen LogP contribution in [-0.2, 0) is 0 Å². The van der Waals surface area contributed by atoms with E-state index in [1.165, 1.54) is 5.69 Å². The molecule has 22 heavy (non-hydrogen) atoms. The molecule has 0 saturated carbocycles. The topological polar surface area (TPSA) is 50.1 Å². The smallest absolute Gasteiger partial charge is 0.153 e. The Kier molecular flexibility index (Phi) is 3.00. The van der Waals surface area contributed by atoms with Crippen molar-refractivity contribution in [2.24, 2.45) is 0 Å². The van der Waals surface area contributed by atoms with Crippen LogP contribution in [-0.4, -0.2) is 33.1 Å². The number of fused-ring (bicyclic) bond motifs is 1. The molecule has 0 spiro atoms. The first-order valence-electron chi connectivity index (χ1n) is 7.17. The molecule has 0 aliphatic carbocycles. The molecule has 3 heterocycles. The lowest BCUT2D eigenvalue weighted by atomic mass is 10.1. The highest BCUT2D eigenvalue weighted by atomic mass is 15.4. The molecule has 0 fully saturated rings. The standard InChI is InChI=1S/C16H16N6/c1-20-11-16(21-9-8-18-12-21)22(15-10-17-6-7-19-15)14-5-3-2-4-13(14)20/h2-10,12,16H,11H2,1H3. The molecule has 1 aliphatic heterocycles. The molecule has 0 radical (unpaired) electrons. The van der Waals surface area contributed by atoms with Crippen LogP contribution in [0.5, 0.6) is 0 Å². The molecule has 4 rings (SSSR count). The van der Waals surface area contributed by atoms with E-state index in [9.17, 15) is 0 Å². The van der Waals surface area contributed by atoms with E-state index in [1.54, 1.807) is 24.8 Å². The van der Waals surface area contributed by atoms with Crippen molar-refractivity contribution >= 4 is 17.2 Å². The van der Waals surface area contributed by atoms with Crippen LogP contribution in [0.25, 0.3) is 0 Å². The average Bonchev–Trinajstić information content (AvgIpc) is 3.10. The van der Waals surface area contributed by atoms with E-state index in [-0.39, 0.29) is 6.17 Å².